The fraction of sp³-hybridized carbons (Fsp3) is 0.0698. The largest absolute Gasteiger partial charge is 0.454 e. The summed E-state index contributed by atoms with van der Waals surface area (Å²) in [5.41, 5.74) is 13.2. The van der Waals surface area contributed by atoms with Crippen molar-refractivity contribution in [3.05, 3.63) is 151 Å². The van der Waals surface area contributed by atoms with Crippen LogP contribution in [0.15, 0.2) is 144 Å². The van der Waals surface area contributed by atoms with E-state index in [1.165, 1.54) is 60.4 Å². The van der Waals surface area contributed by atoms with E-state index in [9.17, 15) is 0 Å². The molecule has 0 unspecified atom stereocenters. The summed E-state index contributed by atoms with van der Waals surface area (Å²) in [4.78, 5) is 0. The summed E-state index contributed by atoms with van der Waals surface area (Å²) in [6.07, 6.45) is 0. The van der Waals surface area contributed by atoms with Crippen molar-refractivity contribution in [2.24, 2.45) is 0 Å². The van der Waals surface area contributed by atoms with Gasteiger partial charge in [0.05, 0.1) is 11.0 Å². The van der Waals surface area contributed by atoms with E-state index in [0.29, 0.717) is 0 Å². The van der Waals surface area contributed by atoms with Gasteiger partial charge in [0.15, 0.2) is 5.58 Å². The molecule has 0 aliphatic heterocycles. The summed E-state index contributed by atoms with van der Waals surface area (Å²) < 4.78 is 9.03. The second-order valence-electron chi connectivity index (χ2n) is 12.9. The summed E-state index contributed by atoms with van der Waals surface area (Å²) in [5.74, 6) is 0. The van der Waals surface area contributed by atoms with Gasteiger partial charge in [0.1, 0.15) is 5.58 Å². The number of rotatable bonds is 2. The Kier molecular flexibility index (Phi) is 4.82. The maximum absolute atomic E-state index is 6.63. The van der Waals surface area contributed by atoms with Crippen LogP contribution in [0, 0.1) is 0 Å². The molecule has 2 nitrogen and oxygen atoms in total. The first-order valence-corrected chi connectivity index (χ1v) is 15.7. The molecule has 2 heterocycles. The van der Waals surface area contributed by atoms with E-state index in [1.807, 2.05) is 6.07 Å². The maximum Gasteiger partial charge on any atom is 0.160 e. The average molecular weight is 576 g/mol. The number of fused-ring (bicyclic) bond motifs is 12. The minimum atomic E-state index is 0.0109. The number of nitrogens with zero attached hydrogens (tertiary/aromatic N) is 1. The predicted molar refractivity (Wildman–Crippen MR) is 189 cm³/mol. The van der Waals surface area contributed by atoms with Crippen LogP contribution in [0.3, 0.4) is 0 Å². The standard InChI is InChI=1S/C43H29NO/c1-43(2)36-13-7-5-11-31(36)35-25-28(17-23-37(35)43)26-15-19-29(20-16-26)44-38-24-18-27-9-3-4-10-30(27)40(38)34-22-21-33-32-12-6-8-14-39(32)45-42(33)41(34)44/h3-25H,1-2H3. The van der Waals surface area contributed by atoms with E-state index in [4.69, 9.17) is 4.42 Å². The third-order valence-corrected chi connectivity index (χ3v) is 10.2. The SMILES string of the molecule is CC1(C)c2ccccc2-c2cc(-c3ccc(-n4c5ccc6ccccc6c5c5ccc6c7ccccc7oc6c54)cc3)ccc21. The zero-order valence-electron chi connectivity index (χ0n) is 25.1. The van der Waals surface area contributed by atoms with Crippen LogP contribution in [0.5, 0.6) is 0 Å². The van der Waals surface area contributed by atoms with Crippen molar-refractivity contribution in [3.8, 4) is 27.9 Å². The van der Waals surface area contributed by atoms with Gasteiger partial charge in [0.25, 0.3) is 0 Å². The van der Waals surface area contributed by atoms with E-state index in [2.05, 4.69) is 152 Å². The van der Waals surface area contributed by atoms with Gasteiger partial charge in [0, 0.05) is 32.6 Å². The second-order valence-corrected chi connectivity index (χ2v) is 12.9. The monoisotopic (exact) mass is 575 g/mol. The van der Waals surface area contributed by atoms with Gasteiger partial charge in [-0.3, -0.25) is 0 Å². The molecule has 0 spiro atoms. The van der Waals surface area contributed by atoms with E-state index >= 15 is 0 Å². The second kappa shape index (κ2) is 8.74. The molecule has 0 amide bonds. The van der Waals surface area contributed by atoms with Crippen molar-refractivity contribution < 1.29 is 4.42 Å². The van der Waals surface area contributed by atoms with Crippen LogP contribution in [-0.2, 0) is 5.41 Å². The lowest BCUT2D eigenvalue weighted by molar-refractivity contribution is 0.660. The van der Waals surface area contributed by atoms with Gasteiger partial charge in [-0.1, -0.05) is 117 Å². The Bertz CT molecular complexity index is 2670. The Labute approximate surface area is 260 Å². The lowest BCUT2D eigenvalue weighted by Gasteiger charge is -2.21. The Balaban J connectivity index is 1.20. The summed E-state index contributed by atoms with van der Waals surface area (Å²) in [6.45, 7) is 4.67. The smallest absolute Gasteiger partial charge is 0.160 e. The van der Waals surface area contributed by atoms with Gasteiger partial charge in [0.2, 0.25) is 0 Å². The van der Waals surface area contributed by atoms with Crippen LogP contribution in [0.2, 0.25) is 0 Å². The van der Waals surface area contributed by atoms with Crippen molar-refractivity contribution in [2.75, 3.05) is 0 Å². The summed E-state index contributed by atoms with van der Waals surface area (Å²) >= 11 is 0. The molecule has 0 N–H and O–H groups in total. The molecule has 1 aliphatic rings. The molecule has 9 aromatic rings. The molecule has 0 saturated carbocycles. The molecular formula is C43H29NO. The van der Waals surface area contributed by atoms with Gasteiger partial charge in [-0.05, 0) is 80.6 Å². The minimum Gasteiger partial charge on any atom is -0.454 e. The van der Waals surface area contributed by atoms with Gasteiger partial charge in [-0.25, -0.2) is 0 Å². The van der Waals surface area contributed by atoms with E-state index in [0.717, 1.165) is 33.1 Å². The molecule has 0 atom stereocenters. The van der Waals surface area contributed by atoms with Crippen LogP contribution in [0.1, 0.15) is 25.0 Å². The summed E-state index contributed by atoms with van der Waals surface area (Å²) in [5, 5.41) is 7.25. The van der Waals surface area contributed by atoms with Gasteiger partial charge in [-0.2, -0.15) is 0 Å². The Morgan fingerprint density at radius 3 is 2.13 bits per heavy atom. The predicted octanol–water partition coefficient (Wildman–Crippen LogP) is 11.8. The molecule has 1 aliphatic carbocycles. The third-order valence-electron chi connectivity index (χ3n) is 10.2. The van der Waals surface area contributed by atoms with E-state index in [-0.39, 0.29) is 5.41 Å². The van der Waals surface area contributed by atoms with Crippen LogP contribution < -0.4 is 0 Å². The zero-order chi connectivity index (χ0) is 29.9. The number of benzene rings is 7. The molecular weight excluding hydrogens is 546 g/mol. The van der Waals surface area contributed by atoms with Crippen molar-refractivity contribution in [1.29, 1.82) is 0 Å². The number of aromatic nitrogens is 1. The fourth-order valence-corrected chi connectivity index (χ4v) is 8.02. The highest BCUT2D eigenvalue weighted by molar-refractivity contribution is 6.27. The first-order chi connectivity index (χ1) is 22.1. The first-order valence-electron chi connectivity index (χ1n) is 15.7. The summed E-state index contributed by atoms with van der Waals surface area (Å²) in [7, 11) is 0. The molecule has 212 valence electrons. The fourth-order valence-electron chi connectivity index (χ4n) is 8.02. The third kappa shape index (κ3) is 3.29. The van der Waals surface area contributed by atoms with Crippen LogP contribution in [0.25, 0.3) is 82.5 Å². The number of hydrogen-bond donors (Lipinski definition) is 0. The van der Waals surface area contributed by atoms with Gasteiger partial charge in [-0.15, -0.1) is 0 Å². The lowest BCUT2D eigenvalue weighted by Crippen LogP contribution is -2.14. The van der Waals surface area contributed by atoms with Crippen molar-refractivity contribution in [1.82, 2.24) is 4.57 Å². The Morgan fingerprint density at radius 1 is 0.533 bits per heavy atom. The first kappa shape index (κ1) is 24.8. The average Bonchev–Trinajstić information content (AvgIpc) is 3.71. The van der Waals surface area contributed by atoms with Crippen LogP contribution >= 0.6 is 0 Å². The van der Waals surface area contributed by atoms with Crippen LogP contribution in [-0.4, -0.2) is 4.57 Å². The van der Waals surface area contributed by atoms with Crippen molar-refractivity contribution in [2.45, 2.75) is 19.3 Å². The van der Waals surface area contributed by atoms with Gasteiger partial charge >= 0.3 is 0 Å². The van der Waals surface area contributed by atoms with Crippen LogP contribution in [0.4, 0.5) is 0 Å². The lowest BCUT2D eigenvalue weighted by atomic mass is 9.82. The summed E-state index contributed by atoms with van der Waals surface area (Å²) in [6, 6.07) is 50.9. The molecule has 45 heavy (non-hydrogen) atoms. The van der Waals surface area contributed by atoms with Crippen molar-refractivity contribution in [3.63, 3.8) is 0 Å². The Morgan fingerprint density at radius 2 is 1.24 bits per heavy atom. The molecule has 0 fully saturated rings. The number of hydrogen-bond acceptors (Lipinski definition) is 1. The molecule has 7 aromatic carbocycles. The number of para-hydroxylation sites is 1. The molecule has 0 saturated heterocycles. The molecule has 2 aromatic heterocycles. The normalized spacial score (nSPS) is 13.7. The highest BCUT2D eigenvalue weighted by Gasteiger charge is 2.35. The highest BCUT2D eigenvalue weighted by Crippen LogP contribution is 2.49. The zero-order valence-corrected chi connectivity index (χ0v) is 25.1. The quantitative estimate of drug-likeness (QED) is 0.200. The Hall–Kier alpha value is -5.60. The topological polar surface area (TPSA) is 18.1 Å². The minimum absolute atomic E-state index is 0.0109. The maximum atomic E-state index is 6.63. The molecule has 0 radical (unpaired) electrons. The molecule has 2 heteroatoms. The van der Waals surface area contributed by atoms with Crippen molar-refractivity contribution >= 4 is 54.5 Å². The van der Waals surface area contributed by atoms with E-state index < -0.39 is 0 Å². The van der Waals surface area contributed by atoms with E-state index in [1.54, 1.807) is 0 Å². The number of furan rings is 1. The van der Waals surface area contributed by atoms with Gasteiger partial charge < -0.3 is 8.98 Å². The molecule has 0 bridgehead atoms. The highest BCUT2D eigenvalue weighted by atomic mass is 16.3. The molecule has 10 rings (SSSR count).